The summed E-state index contributed by atoms with van der Waals surface area (Å²) in [6.45, 7) is 5.82. The fourth-order valence-electron chi connectivity index (χ4n) is 5.50. The number of imidazole rings is 1. The molecule has 2 unspecified atom stereocenters. The molecule has 1 saturated carbocycles. The van der Waals surface area contributed by atoms with Gasteiger partial charge in [0.2, 0.25) is 11.9 Å². The van der Waals surface area contributed by atoms with E-state index in [0.29, 0.717) is 30.9 Å². The van der Waals surface area contributed by atoms with Crippen molar-refractivity contribution in [3.8, 4) is 11.1 Å². The second kappa shape index (κ2) is 10.8. The molecule has 3 aromatic heterocycles. The number of carbonyl (C=O) groups excluding carboxylic acids is 1. The number of rotatable bonds is 8. The summed E-state index contributed by atoms with van der Waals surface area (Å²) in [6, 6.07) is 10.4. The lowest BCUT2D eigenvalue weighted by atomic mass is 10.1. The van der Waals surface area contributed by atoms with Crippen LogP contribution in [0.15, 0.2) is 48.9 Å². The monoisotopic (exact) mass is 566 g/mol. The highest BCUT2D eigenvalue weighted by atomic mass is 19.4. The number of nitrogens with one attached hydrogen (secondary N) is 2. The Morgan fingerprint density at radius 1 is 1.10 bits per heavy atom. The number of fused-ring (bicyclic) bond motifs is 1. The van der Waals surface area contributed by atoms with Crippen LogP contribution in [0.2, 0.25) is 0 Å². The van der Waals surface area contributed by atoms with Crippen LogP contribution in [-0.2, 0) is 4.79 Å². The molecule has 1 saturated heterocycles. The quantitative estimate of drug-likeness (QED) is 0.285. The Bertz CT molecular complexity index is 1530. The number of anilines is 2. The van der Waals surface area contributed by atoms with Gasteiger partial charge in [0.15, 0.2) is 0 Å². The van der Waals surface area contributed by atoms with Gasteiger partial charge in [-0.2, -0.15) is 18.3 Å². The van der Waals surface area contributed by atoms with Gasteiger partial charge in [-0.3, -0.25) is 14.4 Å². The zero-order valence-corrected chi connectivity index (χ0v) is 23.0. The highest BCUT2D eigenvalue weighted by Gasteiger charge is 2.35. The van der Waals surface area contributed by atoms with Gasteiger partial charge in [0.25, 0.3) is 0 Å². The molecule has 0 bridgehead atoms. The number of aromatic amines is 1. The molecule has 4 heterocycles. The molecular formula is C29H33F3N8O. The Balaban J connectivity index is 1.10. The van der Waals surface area contributed by atoms with Crippen LogP contribution in [0.1, 0.15) is 50.8 Å². The molecule has 1 aliphatic carbocycles. The van der Waals surface area contributed by atoms with E-state index in [1.54, 1.807) is 6.20 Å². The van der Waals surface area contributed by atoms with Crippen molar-refractivity contribution in [3.63, 3.8) is 0 Å². The summed E-state index contributed by atoms with van der Waals surface area (Å²) in [5.41, 5.74) is 4.87. The van der Waals surface area contributed by atoms with Crippen molar-refractivity contribution in [2.24, 2.45) is 5.92 Å². The number of hydrogen-bond acceptors (Lipinski definition) is 6. The Kier molecular flexibility index (Phi) is 7.18. The van der Waals surface area contributed by atoms with Crippen molar-refractivity contribution in [1.82, 2.24) is 34.5 Å². The van der Waals surface area contributed by atoms with E-state index < -0.39 is 18.5 Å². The van der Waals surface area contributed by atoms with Crippen LogP contribution in [0.25, 0.3) is 22.2 Å². The maximum Gasteiger partial charge on any atom is 0.397 e. The van der Waals surface area contributed by atoms with Crippen LogP contribution in [-0.4, -0.2) is 72.8 Å². The van der Waals surface area contributed by atoms with Crippen molar-refractivity contribution < 1.29 is 18.0 Å². The van der Waals surface area contributed by atoms with E-state index >= 15 is 0 Å². The van der Waals surface area contributed by atoms with Gasteiger partial charge in [-0.25, -0.2) is 9.97 Å². The second-order valence-electron chi connectivity index (χ2n) is 11.1. The normalized spacial score (nSPS) is 18.0. The lowest BCUT2D eigenvalue weighted by Crippen LogP contribution is -2.50. The SMILES string of the molecule is CC(c1ccnc(Nc2nc3ccc(-c4cnn(C(C)C5CC5)c4)cc3[nH]2)c1)N1CCN(C(=O)CC(F)(F)F)CC1. The summed E-state index contributed by atoms with van der Waals surface area (Å²) >= 11 is 0. The number of alkyl halides is 3. The van der Waals surface area contributed by atoms with Gasteiger partial charge in [0, 0.05) is 50.2 Å². The standard InChI is InChI=1S/C29H33F3N8O/c1-18(38-9-11-39(12-10-38)27(41)15-29(30,31)32)21-7-8-33-26(14-21)37-28-35-24-6-5-22(13-25(24)36-28)23-16-34-40(17-23)19(2)20-3-4-20/h5-8,13-14,16-20H,3-4,9-12,15H2,1-2H3,(H2,33,35,36,37). The minimum absolute atomic E-state index is 0.000184. The highest BCUT2D eigenvalue weighted by Crippen LogP contribution is 2.39. The topological polar surface area (TPSA) is 95.0 Å². The highest BCUT2D eigenvalue weighted by molar-refractivity contribution is 5.83. The lowest BCUT2D eigenvalue weighted by molar-refractivity contribution is -0.162. The Labute approximate surface area is 235 Å². The van der Waals surface area contributed by atoms with E-state index in [1.165, 1.54) is 17.7 Å². The van der Waals surface area contributed by atoms with Crippen LogP contribution >= 0.6 is 0 Å². The summed E-state index contributed by atoms with van der Waals surface area (Å²) in [4.78, 5) is 27.8. The number of hydrogen-bond donors (Lipinski definition) is 2. The number of piperazine rings is 1. The number of pyridine rings is 1. The maximum absolute atomic E-state index is 12.6. The molecule has 216 valence electrons. The lowest BCUT2D eigenvalue weighted by Gasteiger charge is -2.38. The molecular weight excluding hydrogens is 533 g/mol. The van der Waals surface area contributed by atoms with Gasteiger partial charge in [0.05, 0.1) is 23.3 Å². The van der Waals surface area contributed by atoms with Crippen LogP contribution < -0.4 is 5.32 Å². The number of H-pyrrole nitrogens is 1. The third-order valence-corrected chi connectivity index (χ3v) is 8.22. The van der Waals surface area contributed by atoms with Gasteiger partial charge < -0.3 is 15.2 Å². The minimum Gasteiger partial charge on any atom is -0.340 e. The fraction of sp³-hybridized carbons (Fsp3) is 0.448. The van der Waals surface area contributed by atoms with Crippen LogP contribution in [0.5, 0.6) is 0 Å². The summed E-state index contributed by atoms with van der Waals surface area (Å²) in [7, 11) is 0. The van der Waals surface area contributed by atoms with E-state index in [4.69, 9.17) is 0 Å². The van der Waals surface area contributed by atoms with Gasteiger partial charge in [-0.05, 0) is 68.0 Å². The molecule has 1 aromatic carbocycles. The zero-order valence-electron chi connectivity index (χ0n) is 23.0. The molecule has 41 heavy (non-hydrogen) atoms. The molecule has 0 radical (unpaired) electrons. The van der Waals surface area contributed by atoms with E-state index in [-0.39, 0.29) is 19.1 Å². The van der Waals surface area contributed by atoms with Crippen LogP contribution in [0.3, 0.4) is 0 Å². The summed E-state index contributed by atoms with van der Waals surface area (Å²) in [5, 5.41) is 7.84. The van der Waals surface area contributed by atoms with Gasteiger partial charge in [-0.15, -0.1) is 0 Å². The average Bonchev–Trinajstić information content (AvgIpc) is 3.54. The molecule has 2 aliphatic rings. The van der Waals surface area contributed by atoms with Crippen molar-refractivity contribution in [2.45, 2.75) is 51.4 Å². The van der Waals surface area contributed by atoms with Crippen molar-refractivity contribution in [1.29, 1.82) is 0 Å². The van der Waals surface area contributed by atoms with E-state index in [2.05, 4.69) is 54.1 Å². The first-order valence-electron chi connectivity index (χ1n) is 14.0. The number of carbonyl (C=O) groups is 1. The molecule has 2 atom stereocenters. The number of aromatic nitrogens is 5. The predicted octanol–water partition coefficient (Wildman–Crippen LogP) is 5.69. The van der Waals surface area contributed by atoms with Crippen molar-refractivity contribution >= 4 is 28.7 Å². The largest absolute Gasteiger partial charge is 0.397 e. The van der Waals surface area contributed by atoms with Gasteiger partial charge >= 0.3 is 6.18 Å². The Morgan fingerprint density at radius 3 is 2.61 bits per heavy atom. The van der Waals surface area contributed by atoms with Crippen molar-refractivity contribution in [3.05, 3.63) is 54.5 Å². The number of benzene rings is 1. The molecule has 2 fully saturated rings. The molecule has 0 spiro atoms. The van der Waals surface area contributed by atoms with E-state index in [9.17, 15) is 18.0 Å². The van der Waals surface area contributed by atoms with Crippen LogP contribution in [0, 0.1) is 5.92 Å². The maximum atomic E-state index is 12.6. The molecule has 1 amide bonds. The van der Waals surface area contributed by atoms with Gasteiger partial charge in [-0.1, -0.05) is 6.07 Å². The predicted molar refractivity (Wildman–Crippen MR) is 150 cm³/mol. The van der Waals surface area contributed by atoms with E-state index in [1.807, 2.05) is 37.4 Å². The van der Waals surface area contributed by atoms with Gasteiger partial charge in [0.1, 0.15) is 12.2 Å². The molecule has 9 nitrogen and oxygen atoms in total. The molecule has 4 aromatic rings. The Morgan fingerprint density at radius 2 is 1.88 bits per heavy atom. The first kappa shape index (κ1) is 27.3. The molecule has 6 rings (SSSR count). The average molecular weight is 567 g/mol. The second-order valence-corrected chi connectivity index (χ2v) is 11.1. The summed E-state index contributed by atoms with van der Waals surface area (Å²) in [6.07, 6.45) is 2.39. The summed E-state index contributed by atoms with van der Waals surface area (Å²) < 4.78 is 39.9. The Hall–Kier alpha value is -3.93. The third-order valence-electron chi connectivity index (χ3n) is 8.22. The number of nitrogens with zero attached hydrogens (tertiary/aromatic N) is 6. The van der Waals surface area contributed by atoms with Crippen molar-refractivity contribution in [2.75, 3.05) is 31.5 Å². The first-order valence-corrected chi connectivity index (χ1v) is 14.0. The number of halogens is 3. The number of amides is 1. The summed E-state index contributed by atoms with van der Waals surface area (Å²) in [5.74, 6) is 1.07. The van der Waals surface area contributed by atoms with Crippen LogP contribution in [0.4, 0.5) is 24.9 Å². The fourth-order valence-corrected chi connectivity index (χ4v) is 5.50. The smallest absolute Gasteiger partial charge is 0.340 e. The third kappa shape index (κ3) is 6.22. The zero-order chi connectivity index (χ0) is 28.7. The first-order chi connectivity index (χ1) is 19.6. The molecule has 12 heteroatoms. The molecule has 2 N–H and O–H groups in total. The molecule has 1 aliphatic heterocycles. The van der Waals surface area contributed by atoms with E-state index in [0.717, 1.165) is 33.6 Å². The minimum atomic E-state index is -4.48.